The zero-order chi connectivity index (χ0) is 29.2. The van der Waals surface area contributed by atoms with Crippen LogP contribution in [-0.4, -0.2) is 66.8 Å². The van der Waals surface area contributed by atoms with E-state index < -0.39 is 54.5 Å². The maximum atomic E-state index is 12.6. The predicted molar refractivity (Wildman–Crippen MR) is 141 cm³/mol. The lowest BCUT2D eigenvalue weighted by molar-refractivity contribution is -0.257. The van der Waals surface area contributed by atoms with Gasteiger partial charge in [-0.2, -0.15) is 0 Å². The van der Waals surface area contributed by atoms with Crippen molar-refractivity contribution in [3.05, 3.63) is 71.8 Å². The lowest BCUT2D eigenvalue weighted by Crippen LogP contribution is -2.67. The average molecular weight is 554 g/mol. The van der Waals surface area contributed by atoms with Gasteiger partial charge in [-0.25, -0.2) is 0 Å². The Morgan fingerprint density at radius 3 is 2.02 bits per heavy atom. The number of hydrogen-bond donors (Lipinski definition) is 1. The number of rotatable bonds is 10. The zero-order valence-corrected chi connectivity index (χ0v) is 22.5. The highest BCUT2D eigenvalue weighted by Gasteiger charge is 2.51. The van der Waals surface area contributed by atoms with Crippen LogP contribution in [0, 0.1) is 0 Å². The quantitative estimate of drug-likeness (QED) is 0.202. The number of hydrogen-bond acceptors (Lipinski definition) is 10. The summed E-state index contributed by atoms with van der Waals surface area (Å²) in [5.74, 6) is -2.48. The first-order valence-corrected chi connectivity index (χ1v) is 12.5. The third kappa shape index (κ3) is 8.77. The predicted octanol–water partition coefficient (Wildman–Crippen LogP) is 2.62. The molecule has 11 nitrogen and oxygen atoms in total. The second-order valence-electron chi connectivity index (χ2n) is 8.97. The minimum atomic E-state index is -1.26. The van der Waals surface area contributed by atoms with Crippen molar-refractivity contribution in [3.8, 4) is 5.75 Å². The molecular weight excluding hydrogens is 522 g/mol. The summed E-state index contributed by atoms with van der Waals surface area (Å²) in [4.78, 5) is 60.0. The molecule has 1 saturated heterocycles. The fourth-order valence-corrected chi connectivity index (χ4v) is 4.06. The number of ether oxygens (including phenoxy) is 5. The Morgan fingerprint density at radius 1 is 0.825 bits per heavy atom. The molecular formula is C29H31NO10. The van der Waals surface area contributed by atoms with Crippen molar-refractivity contribution in [1.29, 1.82) is 0 Å². The van der Waals surface area contributed by atoms with Crippen molar-refractivity contribution in [2.45, 2.75) is 58.3 Å². The first-order chi connectivity index (χ1) is 19.0. The first-order valence-electron chi connectivity index (χ1n) is 12.5. The molecule has 1 heterocycles. The molecule has 40 heavy (non-hydrogen) atoms. The molecule has 1 amide bonds. The minimum absolute atomic E-state index is 0.221. The Bertz CT molecular complexity index is 1240. The number of carbonyl (C=O) groups excluding carboxylic acids is 5. The molecule has 5 atom stereocenters. The van der Waals surface area contributed by atoms with Crippen LogP contribution in [0.2, 0.25) is 0 Å². The molecule has 0 aromatic heterocycles. The number of nitrogens with one attached hydrogen (secondary N) is 1. The highest BCUT2D eigenvalue weighted by atomic mass is 16.7. The highest BCUT2D eigenvalue weighted by Crippen LogP contribution is 2.29. The maximum absolute atomic E-state index is 12.6. The van der Waals surface area contributed by atoms with Gasteiger partial charge in [0, 0.05) is 33.3 Å². The van der Waals surface area contributed by atoms with E-state index in [0.29, 0.717) is 5.56 Å². The maximum Gasteiger partial charge on any atom is 0.303 e. The van der Waals surface area contributed by atoms with Crippen LogP contribution >= 0.6 is 0 Å². The van der Waals surface area contributed by atoms with Crippen molar-refractivity contribution in [2.24, 2.45) is 0 Å². The van der Waals surface area contributed by atoms with Gasteiger partial charge >= 0.3 is 17.9 Å². The Morgan fingerprint density at radius 2 is 1.45 bits per heavy atom. The van der Waals surface area contributed by atoms with E-state index in [4.69, 9.17) is 23.7 Å². The summed E-state index contributed by atoms with van der Waals surface area (Å²) in [6.45, 7) is 4.40. The van der Waals surface area contributed by atoms with Crippen LogP contribution in [0.4, 0.5) is 0 Å². The van der Waals surface area contributed by atoms with Crippen molar-refractivity contribution in [3.63, 3.8) is 0 Å². The number of amides is 1. The number of ketones is 1. The fourth-order valence-electron chi connectivity index (χ4n) is 4.06. The van der Waals surface area contributed by atoms with Gasteiger partial charge in [-0.1, -0.05) is 36.4 Å². The third-order valence-electron chi connectivity index (χ3n) is 5.69. The standard InChI is InChI=1S/C29H31NO10/c1-17(31)30-26-28(38-20(4)34)27(37-19(3)33)25(16-36-18(2)32)40-29(26)39-23-13-11-22(12-14-23)24(35)15-10-21-8-6-5-7-9-21/h5-15,25-29H,16H2,1-4H3,(H,30,31)/b15-10+/t25-,26+,27+,28+,29+/m0/s1. The Hall–Kier alpha value is -4.51. The van der Waals surface area contributed by atoms with Gasteiger partial charge in [0.25, 0.3) is 0 Å². The van der Waals surface area contributed by atoms with Crippen LogP contribution in [0.3, 0.4) is 0 Å². The summed E-state index contributed by atoms with van der Waals surface area (Å²) in [6, 6.07) is 14.5. The van der Waals surface area contributed by atoms with Gasteiger partial charge in [-0.15, -0.1) is 0 Å². The Balaban J connectivity index is 1.86. The molecule has 1 N–H and O–H groups in total. The molecule has 2 aromatic rings. The van der Waals surface area contributed by atoms with E-state index in [0.717, 1.165) is 19.4 Å². The van der Waals surface area contributed by atoms with Crippen LogP contribution in [0.5, 0.6) is 5.75 Å². The molecule has 0 saturated carbocycles. The molecule has 3 rings (SSSR count). The molecule has 0 spiro atoms. The highest BCUT2D eigenvalue weighted by molar-refractivity contribution is 6.06. The van der Waals surface area contributed by atoms with Crippen molar-refractivity contribution >= 4 is 35.7 Å². The van der Waals surface area contributed by atoms with Crippen molar-refractivity contribution < 1.29 is 47.7 Å². The SMILES string of the molecule is CC(=O)N[C@H]1[C@H](Oc2ccc(C(=O)/C=C/c3ccccc3)cc2)O[C@@H](COC(C)=O)[C@@H](OC(C)=O)[C@@H]1OC(C)=O. The molecule has 11 heteroatoms. The van der Waals surface area contributed by atoms with Gasteiger partial charge in [-0.05, 0) is 35.9 Å². The summed E-state index contributed by atoms with van der Waals surface area (Å²) in [5.41, 5.74) is 1.29. The van der Waals surface area contributed by atoms with Gasteiger partial charge in [-0.3, -0.25) is 24.0 Å². The van der Waals surface area contributed by atoms with Gasteiger partial charge < -0.3 is 29.0 Å². The molecule has 0 radical (unpaired) electrons. The Kier molecular flexibility index (Phi) is 10.5. The smallest absolute Gasteiger partial charge is 0.303 e. The fraction of sp³-hybridized carbons (Fsp3) is 0.345. The number of benzene rings is 2. The number of carbonyl (C=O) groups is 5. The van der Waals surface area contributed by atoms with E-state index in [1.807, 2.05) is 30.3 Å². The van der Waals surface area contributed by atoms with E-state index in [9.17, 15) is 24.0 Å². The second-order valence-corrected chi connectivity index (χ2v) is 8.97. The van der Waals surface area contributed by atoms with E-state index in [-0.39, 0.29) is 18.1 Å². The van der Waals surface area contributed by atoms with Crippen LogP contribution in [-0.2, 0) is 38.1 Å². The zero-order valence-electron chi connectivity index (χ0n) is 22.5. The van der Waals surface area contributed by atoms with Gasteiger partial charge in [0.1, 0.15) is 24.5 Å². The van der Waals surface area contributed by atoms with E-state index in [1.165, 1.54) is 32.1 Å². The van der Waals surface area contributed by atoms with Crippen LogP contribution in [0.25, 0.3) is 6.08 Å². The topological polar surface area (TPSA) is 144 Å². The molecule has 0 bridgehead atoms. The van der Waals surface area contributed by atoms with Crippen LogP contribution < -0.4 is 10.1 Å². The van der Waals surface area contributed by atoms with Gasteiger partial charge in [0.05, 0.1) is 0 Å². The lowest BCUT2D eigenvalue weighted by Gasteiger charge is -2.44. The second kappa shape index (κ2) is 14.0. The summed E-state index contributed by atoms with van der Waals surface area (Å²) in [5, 5.41) is 2.63. The molecule has 1 fully saturated rings. The minimum Gasteiger partial charge on any atom is -0.463 e. The van der Waals surface area contributed by atoms with Gasteiger partial charge in [0.2, 0.25) is 12.2 Å². The molecule has 0 aliphatic carbocycles. The molecule has 2 aromatic carbocycles. The third-order valence-corrected chi connectivity index (χ3v) is 5.69. The molecule has 1 aliphatic heterocycles. The van der Waals surface area contributed by atoms with E-state index in [2.05, 4.69) is 5.32 Å². The largest absolute Gasteiger partial charge is 0.463 e. The molecule has 1 aliphatic rings. The van der Waals surface area contributed by atoms with Gasteiger partial charge in [0.15, 0.2) is 18.0 Å². The summed E-state index contributed by atoms with van der Waals surface area (Å²) < 4.78 is 27.9. The van der Waals surface area contributed by atoms with E-state index in [1.54, 1.807) is 18.2 Å². The van der Waals surface area contributed by atoms with Crippen LogP contribution in [0.15, 0.2) is 60.7 Å². The van der Waals surface area contributed by atoms with Crippen LogP contribution in [0.1, 0.15) is 43.6 Å². The van der Waals surface area contributed by atoms with Crippen molar-refractivity contribution in [2.75, 3.05) is 6.61 Å². The Labute approximate surface area is 231 Å². The monoisotopic (exact) mass is 553 g/mol. The number of esters is 3. The molecule has 212 valence electrons. The summed E-state index contributed by atoms with van der Waals surface area (Å²) >= 11 is 0. The average Bonchev–Trinajstić information content (AvgIpc) is 2.89. The van der Waals surface area contributed by atoms with Crippen molar-refractivity contribution in [1.82, 2.24) is 5.32 Å². The first kappa shape index (κ1) is 30.0. The van der Waals surface area contributed by atoms with E-state index >= 15 is 0 Å². The summed E-state index contributed by atoms with van der Waals surface area (Å²) in [6.07, 6.45) is -1.67. The number of allylic oxidation sites excluding steroid dienone is 1. The lowest BCUT2D eigenvalue weighted by atomic mass is 9.96. The molecule has 0 unspecified atom stereocenters. The summed E-state index contributed by atoms with van der Waals surface area (Å²) in [7, 11) is 0. The normalized spacial score (nSPS) is 22.1.